The molecule has 0 bridgehead atoms. The van der Waals surface area contributed by atoms with Gasteiger partial charge in [-0.05, 0) is 57.6 Å². The van der Waals surface area contributed by atoms with Crippen molar-refractivity contribution >= 4 is 29.9 Å². The van der Waals surface area contributed by atoms with Crippen LogP contribution in [0.1, 0.15) is 64.6 Å². The van der Waals surface area contributed by atoms with Gasteiger partial charge in [0, 0.05) is 32.2 Å². The summed E-state index contributed by atoms with van der Waals surface area (Å²) in [5.41, 5.74) is -1.10. The zero-order chi connectivity index (χ0) is 19.8. The third kappa shape index (κ3) is 7.75. The Hall–Kier alpha value is -0.800. The molecule has 1 atom stereocenters. The monoisotopic (exact) mass is 518 g/mol. The Balaban J connectivity index is 0.00000300. The SMILES string of the molecule is CCNC(=NCC(C)(O)c1ccco1)NC1CCN(CC2CCCCC2)CC1.I. The maximum atomic E-state index is 10.6. The summed E-state index contributed by atoms with van der Waals surface area (Å²) in [6.07, 6.45) is 11.0. The van der Waals surface area contributed by atoms with Gasteiger partial charge >= 0.3 is 0 Å². The normalized spacial score (nSPS) is 22.0. The second kappa shape index (κ2) is 12.2. The predicted molar refractivity (Wildman–Crippen MR) is 129 cm³/mol. The number of likely N-dealkylation sites (tertiary alicyclic amines) is 1. The number of guanidine groups is 1. The van der Waals surface area contributed by atoms with Gasteiger partial charge in [-0.2, -0.15) is 0 Å². The molecular weight excluding hydrogens is 479 g/mol. The van der Waals surface area contributed by atoms with E-state index in [9.17, 15) is 5.11 Å². The van der Waals surface area contributed by atoms with Crippen molar-refractivity contribution in [1.29, 1.82) is 0 Å². The quantitative estimate of drug-likeness (QED) is 0.292. The van der Waals surface area contributed by atoms with E-state index in [4.69, 9.17) is 4.42 Å². The molecule has 3 N–H and O–H groups in total. The van der Waals surface area contributed by atoms with Crippen molar-refractivity contribution in [2.24, 2.45) is 10.9 Å². The van der Waals surface area contributed by atoms with E-state index in [0.717, 1.165) is 44.4 Å². The van der Waals surface area contributed by atoms with Crippen molar-refractivity contribution in [2.45, 2.75) is 70.4 Å². The molecule has 1 aromatic heterocycles. The Morgan fingerprint density at radius 1 is 1.24 bits per heavy atom. The van der Waals surface area contributed by atoms with Crippen molar-refractivity contribution in [1.82, 2.24) is 15.5 Å². The number of hydrogen-bond acceptors (Lipinski definition) is 4. The van der Waals surface area contributed by atoms with E-state index in [2.05, 4.69) is 27.4 Å². The van der Waals surface area contributed by atoms with E-state index in [1.165, 1.54) is 38.6 Å². The van der Waals surface area contributed by atoms with Gasteiger partial charge in [-0.25, -0.2) is 4.99 Å². The van der Waals surface area contributed by atoms with Gasteiger partial charge in [-0.15, -0.1) is 24.0 Å². The molecule has 29 heavy (non-hydrogen) atoms. The molecule has 2 heterocycles. The average Bonchev–Trinajstić information content (AvgIpc) is 3.25. The van der Waals surface area contributed by atoms with Crippen molar-refractivity contribution in [2.75, 3.05) is 32.7 Å². The largest absolute Gasteiger partial charge is 0.466 e. The number of halogens is 1. The van der Waals surface area contributed by atoms with Crippen LogP contribution in [0, 0.1) is 5.92 Å². The third-order valence-electron chi connectivity index (χ3n) is 6.11. The Labute approximate surface area is 192 Å². The number of aliphatic imine (C=N–C) groups is 1. The lowest BCUT2D eigenvalue weighted by atomic mass is 9.88. The van der Waals surface area contributed by atoms with Crippen LogP contribution in [0.4, 0.5) is 0 Å². The molecule has 166 valence electrons. The first-order valence-corrected chi connectivity index (χ1v) is 11.1. The van der Waals surface area contributed by atoms with Crippen LogP contribution in [0.2, 0.25) is 0 Å². The van der Waals surface area contributed by atoms with Gasteiger partial charge in [0.05, 0.1) is 12.8 Å². The van der Waals surface area contributed by atoms with Gasteiger partial charge in [0.25, 0.3) is 0 Å². The summed E-state index contributed by atoms with van der Waals surface area (Å²) in [6, 6.07) is 4.02. The lowest BCUT2D eigenvalue weighted by molar-refractivity contribution is 0.0436. The van der Waals surface area contributed by atoms with Crippen LogP contribution in [-0.4, -0.2) is 54.7 Å². The highest BCUT2D eigenvalue weighted by atomic mass is 127. The number of nitrogens with zero attached hydrogens (tertiary/aromatic N) is 2. The molecule has 1 aliphatic carbocycles. The number of hydrogen-bond donors (Lipinski definition) is 3. The molecule has 1 aromatic rings. The minimum absolute atomic E-state index is 0. The van der Waals surface area contributed by atoms with Crippen LogP contribution >= 0.6 is 24.0 Å². The highest BCUT2D eigenvalue weighted by molar-refractivity contribution is 14.0. The molecule has 0 radical (unpaired) electrons. The fraction of sp³-hybridized carbons (Fsp3) is 0.773. The molecule has 7 heteroatoms. The van der Waals surface area contributed by atoms with Gasteiger partial charge in [0.15, 0.2) is 5.96 Å². The molecule has 2 aliphatic rings. The van der Waals surface area contributed by atoms with Crippen molar-refractivity contribution in [3.63, 3.8) is 0 Å². The van der Waals surface area contributed by atoms with E-state index in [1.807, 2.05) is 0 Å². The zero-order valence-corrected chi connectivity index (χ0v) is 20.4. The van der Waals surface area contributed by atoms with Gasteiger partial charge in [0.1, 0.15) is 11.4 Å². The summed E-state index contributed by atoms with van der Waals surface area (Å²) >= 11 is 0. The van der Waals surface area contributed by atoms with Gasteiger partial charge in [0.2, 0.25) is 0 Å². The summed E-state index contributed by atoms with van der Waals surface area (Å²) < 4.78 is 5.35. The number of aliphatic hydroxyl groups is 1. The first-order chi connectivity index (χ1) is 13.6. The molecule has 1 aliphatic heterocycles. The molecule has 2 fully saturated rings. The second-order valence-electron chi connectivity index (χ2n) is 8.67. The molecule has 0 aromatic carbocycles. The lowest BCUT2D eigenvalue weighted by Crippen LogP contribution is -2.49. The molecular formula is C22H39IN4O2. The van der Waals surface area contributed by atoms with E-state index in [1.54, 1.807) is 25.3 Å². The van der Waals surface area contributed by atoms with Crippen LogP contribution in [0.15, 0.2) is 27.8 Å². The summed E-state index contributed by atoms with van der Waals surface area (Å²) in [4.78, 5) is 7.27. The number of piperidine rings is 1. The Morgan fingerprint density at radius 3 is 2.59 bits per heavy atom. The maximum Gasteiger partial charge on any atom is 0.191 e. The molecule has 1 unspecified atom stereocenters. The molecule has 0 spiro atoms. The summed E-state index contributed by atoms with van der Waals surface area (Å²) in [5, 5.41) is 17.5. The van der Waals surface area contributed by atoms with Crippen LogP contribution in [0.25, 0.3) is 0 Å². The molecule has 6 nitrogen and oxygen atoms in total. The first-order valence-electron chi connectivity index (χ1n) is 11.1. The average molecular weight is 518 g/mol. The topological polar surface area (TPSA) is 73.0 Å². The maximum absolute atomic E-state index is 10.6. The van der Waals surface area contributed by atoms with Crippen LogP contribution in [0.5, 0.6) is 0 Å². The fourth-order valence-electron chi connectivity index (χ4n) is 4.40. The van der Waals surface area contributed by atoms with E-state index < -0.39 is 5.60 Å². The van der Waals surface area contributed by atoms with Crippen molar-refractivity contribution in [3.05, 3.63) is 24.2 Å². The van der Waals surface area contributed by atoms with E-state index >= 15 is 0 Å². The Bertz CT molecular complexity index is 592. The van der Waals surface area contributed by atoms with Gasteiger partial charge in [-0.3, -0.25) is 0 Å². The number of furan rings is 1. The van der Waals surface area contributed by atoms with Crippen LogP contribution in [-0.2, 0) is 5.60 Å². The van der Waals surface area contributed by atoms with Crippen molar-refractivity contribution in [3.8, 4) is 0 Å². The fourth-order valence-corrected chi connectivity index (χ4v) is 4.40. The molecule has 3 rings (SSSR count). The Kier molecular flexibility index (Phi) is 10.3. The number of rotatable bonds is 7. The highest BCUT2D eigenvalue weighted by Gasteiger charge is 2.27. The third-order valence-corrected chi connectivity index (χ3v) is 6.11. The standard InChI is InChI=1S/C22H38N4O2.HI/c1-3-23-21(24-17-22(2,27)20-10-7-15-28-20)25-19-11-13-26(14-12-19)16-18-8-5-4-6-9-18;/h7,10,15,18-19,27H,3-6,8-9,11-14,16-17H2,1-2H3,(H2,23,24,25);1H. The lowest BCUT2D eigenvalue weighted by Gasteiger charge is -2.36. The number of nitrogens with one attached hydrogen (secondary N) is 2. The van der Waals surface area contributed by atoms with Gasteiger partial charge < -0.3 is 25.1 Å². The summed E-state index contributed by atoms with van der Waals surface area (Å²) in [6.45, 7) is 8.48. The highest BCUT2D eigenvalue weighted by Crippen LogP contribution is 2.25. The second-order valence-corrected chi connectivity index (χ2v) is 8.67. The first kappa shape index (κ1) is 24.5. The molecule has 1 saturated heterocycles. The minimum Gasteiger partial charge on any atom is -0.466 e. The van der Waals surface area contributed by atoms with Gasteiger partial charge in [-0.1, -0.05) is 19.3 Å². The summed E-state index contributed by atoms with van der Waals surface area (Å²) in [7, 11) is 0. The summed E-state index contributed by atoms with van der Waals surface area (Å²) in [5.74, 6) is 2.24. The van der Waals surface area contributed by atoms with Crippen LogP contribution < -0.4 is 10.6 Å². The van der Waals surface area contributed by atoms with Crippen molar-refractivity contribution < 1.29 is 9.52 Å². The van der Waals surface area contributed by atoms with E-state index in [-0.39, 0.29) is 30.5 Å². The minimum atomic E-state index is -1.10. The smallest absolute Gasteiger partial charge is 0.191 e. The Morgan fingerprint density at radius 2 is 1.97 bits per heavy atom. The molecule has 0 amide bonds. The van der Waals surface area contributed by atoms with E-state index in [0.29, 0.717) is 11.8 Å². The predicted octanol–water partition coefficient (Wildman–Crippen LogP) is 3.70. The zero-order valence-electron chi connectivity index (χ0n) is 18.0. The van der Waals surface area contributed by atoms with Crippen LogP contribution in [0.3, 0.4) is 0 Å². The molecule has 1 saturated carbocycles.